The van der Waals surface area contributed by atoms with E-state index < -0.39 is 0 Å². The Morgan fingerprint density at radius 2 is 1.88 bits per heavy atom. The number of rotatable bonds is 11. The molecule has 102 valence electrons. The van der Waals surface area contributed by atoms with E-state index in [9.17, 15) is 4.79 Å². The van der Waals surface area contributed by atoms with E-state index >= 15 is 0 Å². The molecule has 0 radical (unpaired) electrons. The number of carbonyl (C=O) groups is 1. The SMILES string of the molecule is COCCCN(CCOC)C(CN)CC(N)=O. The number of nitrogens with zero attached hydrogens (tertiary/aromatic N) is 1. The Kier molecular flexibility index (Phi) is 10.0. The molecule has 0 fully saturated rings. The lowest BCUT2D eigenvalue weighted by molar-refractivity contribution is -0.119. The molecule has 1 atom stereocenters. The molecule has 0 spiro atoms. The molecule has 0 rings (SSSR count). The second kappa shape index (κ2) is 10.5. The molecule has 0 saturated carbocycles. The monoisotopic (exact) mass is 247 g/mol. The third-order valence-corrected chi connectivity index (χ3v) is 2.60. The summed E-state index contributed by atoms with van der Waals surface area (Å²) in [5.41, 5.74) is 10.9. The minimum atomic E-state index is -0.324. The molecule has 0 aliphatic heterocycles. The van der Waals surface area contributed by atoms with Crippen LogP contribution >= 0.6 is 0 Å². The van der Waals surface area contributed by atoms with Crippen molar-refractivity contribution in [1.82, 2.24) is 4.90 Å². The standard InChI is InChI=1S/C11H25N3O3/c1-16-6-3-4-14(5-7-17-2)10(9-12)8-11(13)15/h10H,3-9,12H2,1-2H3,(H2,13,15). The molecule has 6 heteroatoms. The minimum absolute atomic E-state index is 0.0143. The van der Waals surface area contributed by atoms with E-state index in [2.05, 4.69) is 4.90 Å². The number of amides is 1. The van der Waals surface area contributed by atoms with Gasteiger partial charge >= 0.3 is 0 Å². The summed E-state index contributed by atoms with van der Waals surface area (Å²) in [5.74, 6) is -0.324. The zero-order valence-electron chi connectivity index (χ0n) is 10.9. The van der Waals surface area contributed by atoms with Crippen LogP contribution in [0.3, 0.4) is 0 Å². The second-order valence-corrected chi connectivity index (χ2v) is 3.94. The first-order chi connectivity index (χ1) is 8.15. The Balaban J connectivity index is 4.22. The van der Waals surface area contributed by atoms with Crippen LogP contribution in [0.15, 0.2) is 0 Å². The summed E-state index contributed by atoms with van der Waals surface area (Å²) in [5, 5.41) is 0. The first-order valence-electron chi connectivity index (χ1n) is 5.86. The molecular weight excluding hydrogens is 222 g/mol. The van der Waals surface area contributed by atoms with Crippen LogP contribution in [0.2, 0.25) is 0 Å². The van der Waals surface area contributed by atoms with Crippen molar-refractivity contribution >= 4 is 5.91 Å². The number of nitrogens with two attached hydrogens (primary N) is 2. The summed E-state index contributed by atoms with van der Waals surface area (Å²) >= 11 is 0. The number of ether oxygens (including phenoxy) is 2. The fourth-order valence-corrected chi connectivity index (χ4v) is 1.69. The predicted molar refractivity (Wildman–Crippen MR) is 66.6 cm³/mol. The summed E-state index contributed by atoms with van der Waals surface area (Å²) in [6, 6.07) is -0.0143. The van der Waals surface area contributed by atoms with Crippen molar-refractivity contribution in [2.75, 3.05) is 47.1 Å². The average molecular weight is 247 g/mol. The number of carbonyl (C=O) groups excluding carboxylic acids is 1. The van der Waals surface area contributed by atoms with Gasteiger partial charge < -0.3 is 20.9 Å². The van der Waals surface area contributed by atoms with Gasteiger partial charge in [-0.2, -0.15) is 0 Å². The van der Waals surface area contributed by atoms with E-state index in [4.69, 9.17) is 20.9 Å². The Labute approximate surface area is 103 Å². The van der Waals surface area contributed by atoms with Crippen LogP contribution in [0.5, 0.6) is 0 Å². The molecule has 0 heterocycles. The van der Waals surface area contributed by atoms with Gasteiger partial charge in [0.15, 0.2) is 0 Å². The Morgan fingerprint density at radius 3 is 2.35 bits per heavy atom. The molecule has 0 aromatic rings. The number of primary amides is 1. The highest BCUT2D eigenvalue weighted by Gasteiger charge is 2.18. The molecule has 0 aromatic heterocycles. The minimum Gasteiger partial charge on any atom is -0.385 e. The normalized spacial score (nSPS) is 12.9. The smallest absolute Gasteiger partial charge is 0.219 e. The molecule has 1 unspecified atom stereocenters. The first kappa shape index (κ1) is 16.3. The summed E-state index contributed by atoms with van der Waals surface area (Å²) < 4.78 is 10.1. The van der Waals surface area contributed by atoms with E-state index in [1.165, 1.54) is 0 Å². The molecule has 0 aromatic carbocycles. The quantitative estimate of drug-likeness (QED) is 0.465. The number of hydrogen-bond acceptors (Lipinski definition) is 5. The van der Waals surface area contributed by atoms with Crippen LogP contribution in [-0.2, 0) is 14.3 Å². The molecule has 17 heavy (non-hydrogen) atoms. The van der Waals surface area contributed by atoms with Crippen molar-refractivity contribution in [3.8, 4) is 0 Å². The maximum Gasteiger partial charge on any atom is 0.219 e. The molecule has 1 amide bonds. The van der Waals surface area contributed by atoms with Crippen molar-refractivity contribution < 1.29 is 14.3 Å². The molecule has 0 bridgehead atoms. The Bertz CT molecular complexity index is 202. The highest BCUT2D eigenvalue weighted by atomic mass is 16.5. The van der Waals surface area contributed by atoms with Crippen molar-refractivity contribution in [3.63, 3.8) is 0 Å². The lowest BCUT2D eigenvalue weighted by atomic mass is 10.1. The van der Waals surface area contributed by atoms with E-state index in [-0.39, 0.29) is 18.4 Å². The van der Waals surface area contributed by atoms with Gasteiger partial charge in [0.2, 0.25) is 5.91 Å². The lowest BCUT2D eigenvalue weighted by Gasteiger charge is -2.29. The number of methoxy groups -OCH3 is 2. The van der Waals surface area contributed by atoms with Crippen LogP contribution < -0.4 is 11.5 Å². The van der Waals surface area contributed by atoms with Crippen molar-refractivity contribution in [2.45, 2.75) is 18.9 Å². The van der Waals surface area contributed by atoms with Crippen molar-refractivity contribution in [2.24, 2.45) is 11.5 Å². The second-order valence-electron chi connectivity index (χ2n) is 3.94. The molecule has 0 aliphatic rings. The van der Waals surface area contributed by atoms with E-state index in [0.717, 1.165) is 19.5 Å². The fourth-order valence-electron chi connectivity index (χ4n) is 1.69. The van der Waals surface area contributed by atoms with Gasteiger partial charge in [-0.05, 0) is 6.42 Å². The van der Waals surface area contributed by atoms with Gasteiger partial charge in [0.1, 0.15) is 0 Å². The van der Waals surface area contributed by atoms with Gasteiger partial charge in [-0.25, -0.2) is 0 Å². The van der Waals surface area contributed by atoms with Gasteiger partial charge in [-0.15, -0.1) is 0 Å². The predicted octanol–water partition coefficient (Wildman–Crippen LogP) is -0.826. The van der Waals surface area contributed by atoms with Crippen LogP contribution in [-0.4, -0.2) is 63.9 Å². The largest absolute Gasteiger partial charge is 0.385 e. The van der Waals surface area contributed by atoms with Crippen LogP contribution in [0.1, 0.15) is 12.8 Å². The van der Waals surface area contributed by atoms with Gasteiger partial charge in [0.05, 0.1) is 6.61 Å². The van der Waals surface area contributed by atoms with Crippen LogP contribution in [0.4, 0.5) is 0 Å². The van der Waals surface area contributed by atoms with E-state index in [1.54, 1.807) is 14.2 Å². The molecule has 0 saturated heterocycles. The molecule has 0 aliphatic carbocycles. The number of hydrogen-bond donors (Lipinski definition) is 2. The average Bonchev–Trinajstić information content (AvgIpc) is 2.30. The van der Waals surface area contributed by atoms with Crippen molar-refractivity contribution in [3.05, 3.63) is 0 Å². The van der Waals surface area contributed by atoms with E-state index in [0.29, 0.717) is 19.8 Å². The maximum absolute atomic E-state index is 11.0. The highest BCUT2D eigenvalue weighted by molar-refractivity contribution is 5.74. The van der Waals surface area contributed by atoms with Gasteiger partial charge in [0, 0.05) is 52.9 Å². The summed E-state index contributed by atoms with van der Waals surface area (Å²) in [6.45, 7) is 3.29. The Hall–Kier alpha value is -0.690. The summed E-state index contributed by atoms with van der Waals surface area (Å²) in [7, 11) is 3.32. The zero-order valence-corrected chi connectivity index (χ0v) is 10.9. The fraction of sp³-hybridized carbons (Fsp3) is 0.909. The van der Waals surface area contributed by atoms with Gasteiger partial charge in [-0.1, -0.05) is 0 Å². The third kappa shape index (κ3) is 8.09. The van der Waals surface area contributed by atoms with Crippen molar-refractivity contribution in [1.29, 1.82) is 0 Å². The van der Waals surface area contributed by atoms with E-state index in [1.807, 2.05) is 0 Å². The lowest BCUT2D eigenvalue weighted by Crippen LogP contribution is -2.45. The van der Waals surface area contributed by atoms with Crippen LogP contribution in [0, 0.1) is 0 Å². The van der Waals surface area contributed by atoms with Crippen LogP contribution in [0.25, 0.3) is 0 Å². The topological polar surface area (TPSA) is 90.8 Å². The summed E-state index contributed by atoms with van der Waals surface area (Å²) in [6.07, 6.45) is 1.18. The molecular formula is C11H25N3O3. The zero-order chi connectivity index (χ0) is 13.1. The highest BCUT2D eigenvalue weighted by Crippen LogP contribution is 2.04. The summed E-state index contributed by atoms with van der Waals surface area (Å²) in [4.78, 5) is 13.1. The Morgan fingerprint density at radius 1 is 1.24 bits per heavy atom. The molecule has 4 N–H and O–H groups in total. The maximum atomic E-state index is 11.0. The third-order valence-electron chi connectivity index (χ3n) is 2.60. The van der Waals surface area contributed by atoms with Gasteiger partial charge in [-0.3, -0.25) is 9.69 Å². The van der Waals surface area contributed by atoms with Gasteiger partial charge in [0.25, 0.3) is 0 Å². The molecule has 6 nitrogen and oxygen atoms in total. The first-order valence-corrected chi connectivity index (χ1v) is 5.86.